The van der Waals surface area contributed by atoms with Crippen LogP contribution < -0.4 is 4.74 Å². The molecule has 2 rings (SSSR count). The molecule has 2 aromatic rings. The van der Waals surface area contributed by atoms with E-state index in [2.05, 4.69) is 0 Å². The minimum absolute atomic E-state index is 0.265. The van der Waals surface area contributed by atoms with Gasteiger partial charge < -0.3 is 4.74 Å². The molecule has 0 saturated heterocycles. The highest BCUT2D eigenvalue weighted by Gasteiger charge is 2.08. The number of hydrogen-bond donors (Lipinski definition) is 0. The second-order valence-corrected chi connectivity index (χ2v) is 4.49. The molecule has 0 unspecified atom stereocenters. The van der Waals surface area contributed by atoms with Gasteiger partial charge in [-0.05, 0) is 42.3 Å². The van der Waals surface area contributed by atoms with Crippen LogP contribution in [0.3, 0.4) is 0 Å². The monoisotopic (exact) mass is 275 g/mol. The third-order valence-corrected chi connectivity index (χ3v) is 3.09. The fraction of sp³-hybridized carbons (Fsp3) is 0.133. The number of aryl methyl sites for hydroxylation is 1. The van der Waals surface area contributed by atoms with E-state index in [4.69, 9.17) is 21.6 Å². The summed E-state index contributed by atoms with van der Waals surface area (Å²) in [6, 6.07) is 11.5. The molecule has 0 aliphatic carbocycles. The second-order valence-electron chi connectivity index (χ2n) is 4.08. The van der Waals surface area contributed by atoms with E-state index < -0.39 is 0 Å². The van der Waals surface area contributed by atoms with Gasteiger partial charge in [-0.2, -0.15) is 5.26 Å². The first-order valence-electron chi connectivity index (χ1n) is 5.68. The van der Waals surface area contributed by atoms with Crippen LogP contribution >= 0.6 is 11.6 Å². The molecule has 0 amide bonds. The number of hydrogen-bond acceptors (Lipinski definition) is 2. The summed E-state index contributed by atoms with van der Waals surface area (Å²) >= 11 is 5.91. The molecular weight excluding hydrogens is 265 g/mol. The lowest BCUT2D eigenvalue weighted by Gasteiger charge is -2.10. The van der Waals surface area contributed by atoms with Crippen molar-refractivity contribution in [3.05, 3.63) is 63.9 Å². The lowest BCUT2D eigenvalue weighted by Crippen LogP contribution is -2.00. The highest BCUT2D eigenvalue weighted by Crippen LogP contribution is 2.26. The van der Waals surface area contributed by atoms with Gasteiger partial charge in [0, 0.05) is 0 Å². The zero-order valence-corrected chi connectivity index (χ0v) is 11.0. The first kappa shape index (κ1) is 13.4. The van der Waals surface area contributed by atoms with Crippen molar-refractivity contribution in [1.82, 2.24) is 0 Å². The molecule has 0 saturated carbocycles. The van der Waals surface area contributed by atoms with E-state index in [9.17, 15) is 4.39 Å². The summed E-state index contributed by atoms with van der Waals surface area (Å²) in [7, 11) is 0. The van der Waals surface area contributed by atoms with Crippen molar-refractivity contribution >= 4 is 11.6 Å². The number of rotatable bonds is 3. The average Bonchev–Trinajstić information content (AvgIpc) is 2.38. The zero-order valence-electron chi connectivity index (χ0n) is 10.3. The number of nitrogens with zero attached hydrogens (tertiary/aromatic N) is 1. The Morgan fingerprint density at radius 1 is 1.32 bits per heavy atom. The van der Waals surface area contributed by atoms with Crippen molar-refractivity contribution in [1.29, 1.82) is 5.26 Å². The van der Waals surface area contributed by atoms with Crippen LogP contribution in [0, 0.1) is 24.1 Å². The molecule has 2 nitrogen and oxygen atoms in total. The minimum atomic E-state index is -0.276. The molecular formula is C15H11ClFNO. The van der Waals surface area contributed by atoms with Crippen molar-refractivity contribution < 1.29 is 9.13 Å². The zero-order chi connectivity index (χ0) is 13.8. The minimum Gasteiger partial charge on any atom is -0.487 e. The highest BCUT2D eigenvalue weighted by atomic mass is 35.5. The van der Waals surface area contributed by atoms with E-state index in [1.54, 1.807) is 24.3 Å². The van der Waals surface area contributed by atoms with Gasteiger partial charge in [0.15, 0.2) is 0 Å². The summed E-state index contributed by atoms with van der Waals surface area (Å²) < 4.78 is 18.6. The Morgan fingerprint density at radius 3 is 2.79 bits per heavy atom. The molecule has 0 atom stereocenters. The standard InChI is InChI=1S/C15H11ClFNO/c1-10-7-12(17)6-5-11(10)9-19-15-4-2-3-14(16)13(15)8-18/h2-7H,9H2,1H3. The van der Waals surface area contributed by atoms with Crippen LogP contribution in [0.15, 0.2) is 36.4 Å². The number of benzene rings is 2. The summed E-state index contributed by atoms with van der Waals surface area (Å²) in [5.41, 5.74) is 1.98. The second kappa shape index (κ2) is 5.73. The molecule has 4 heteroatoms. The largest absolute Gasteiger partial charge is 0.487 e. The maximum atomic E-state index is 13.0. The molecule has 0 bridgehead atoms. The molecule has 19 heavy (non-hydrogen) atoms. The van der Waals surface area contributed by atoms with Crippen LogP contribution in [-0.2, 0) is 6.61 Å². The van der Waals surface area contributed by atoms with Crippen LogP contribution in [0.5, 0.6) is 5.75 Å². The molecule has 96 valence electrons. The number of ether oxygens (including phenoxy) is 1. The fourth-order valence-electron chi connectivity index (χ4n) is 1.71. The summed E-state index contributed by atoms with van der Waals surface area (Å²) in [5, 5.41) is 9.38. The maximum Gasteiger partial charge on any atom is 0.139 e. The van der Waals surface area contributed by atoms with Crippen molar-refractivity contribution in [3.8, 4) is 11.8 Å². The fourth-order valence-corrected chi connectivity index (χ4v) is 1.92. The smallest absolute Gasteiger partial charge is 0.139 e. The van der Waals surface area contributed by atoms with Gasteiger partial charge in [0.1, 0.15) is 29.8 Å². The Kier molecular flexibility index (Phi) is 4.03. The van der Waals surface area contributed by atoms with Gasteiger partial charge >= 0.3 is 0 Å². The SMILES string of the molecule is Cc1cc(F)ccc1COc1cccc(Cl)c1C#N. The van der Waals surface area contributed by atoms with Crippen LogP contribution in [-0.4, -0.2) is 0 Å². The quantitative estimate of drug-likeness (QED) is 0.839. The predicted octanol–water partition coefficient (Wildman–Crippen LogP) is 4.24. The first-order chi connectivity index (χ1) is 9.11. The van der Waals surface area contributed by atoms with E-state index in [1.165, 1.54) is 12.1 Å². The van der Waals surface area contributed by atoms with Gasteiger partial charge in [0.25, 0.3) is 0 Å². The molecule has 0 spiro atoms. The molecule has 0 aliphatic heterocycles. The third kappa shape index (κ3) is 3.04. The maximum absolute atomic E-state index is 13.0. The Labute approximate surface area is 116 Å². The van der Waals surface area contributed by atoms with E-state index in [0.717, 1.165) is 11.1 Å². The average molecular weight is 276 g/mol. The van der Waals surface area contributed by atoms with Gasteiger partial charge in [-0.25, -0.2) is 4.39 Å². The van der Waals surface area contributed by atoms with Gasteiger partial charge in [-0.3, -0.25) is 0 Å². The van der Waals surface area contributed by atoms with E-state index in [-0.39, 0.29) is 12.4 Å². The van der Waals surface area contributed by atoms with Gasteiger partial charge in [0.2, 0.25) is 0 Å². The Balaban J connectivity index is 2.20. The lowest BCUT2D eigenvalue weighted by atomic mass is 10.1. The highest BCUT2D eigenvalue weighted by molar-refractivity contribution is 6.31. The van der Waals surface area contributed by atoms with Crippen molar-refractivity contribution in [2.45, 2.75) is 13.5 Å². The molecule has 0 aromatic heterocycles. The van der Waals surface area contributed by atoms with Gasteiger partial charge in [-0.15, -0.1) is 0 Å². The van der Waals surface area contributed by atoms with E-state index >= 15 is 0 Å². The normalized spacial score (nSPS) is 10.0. The Morgan fingerprint density at radius 2 is 2.11 bits per heavy atom. The molecule has 2 aromatic carbocycles. The van der Waals surface area contributed by atoms with Crippen LogP contribution in [0.1, 0.15) is 16.7 Å². The van der Waals surface area contributed by atoms with Crippen molar-refractivity contribution in [2.75, 3.05) is 0 Å². The van der Waals surface area contributed by atoms with E-state index in [0.29, 0.717) is 16.3 Å². The summed E-state index contributed by atoms with van der Waals surface area (Å²) in [5.74, 6) is 0.153. The molecule has 0 aliphatic rings. The predicted molar refractivity (Wildman–Crippen MR) is 71.6 cm³/mol. The molecule has 0 heterocycles. The molecule has 0 N–H and O–H groups in total. The topological polar surface area (TPSA) is 33.0 Å². The van der Waals surface area contributed by atoms with Crippen LogP contribution in [0.2, 0.25) is 5.02 Å². The summed E-state index contributed by atoms with van der Waals surface area (Å²) in [6.07, 6.45) is 0. The number of halogens is 2. The Hall–Kier alpha value is -2.05. The summed E-state index contributed by atoms with van der Waals surface area (Å²) in [6.45, 7) is 2.08. The Bertz CT molecular complexity index is 649. The van der Waals surface area contributed by atoms with E-state index in [1.807, 2.05) is 13.0 Å². The van der Waals surface area contributed by atoms with Gasteiger partial charge in [0.05, 0.1) is 5.02 Å². The van der Waals surface area contributed by atoms with Crippen LogP contribution in [0.25, 0.3) is 0 Å². The first-order valence-corrected chi connectivity index (χ1v) is 6.06. The van der Waals surface area contributed by atoms with Crippen LogP contribution in [0.4, 0.5) is 4.39 Å². The molecule has 0 fully saturated rings. The van der Waals surface area contributed by atoms with Crippen molar-refractivity contribution in [2.24, 2.45) is 0 Å². The van der Waals surface area contributed by atoms with Gasteiger partial charge in [-0.1, -0.05) is 23.7 Å². The third-order valence-electron chi connectivity index (χ3n) is 2.77. The lowest BCUT2D eigenvalue weighted by molar-refractivity contribution is 0.304. The molecule has 0 radical (unpaired) electrons. The summed E-state index contributed by atoms with van der Waals surface area (Å²) in [4.78, 5) is 0. The van der Waals surface area contributed by atoms with Crippen molar-refractivity contribution in [3.63, 3.8) is 0 Å². The number of nitriles is 1.